The van der Waals surface area contributed by atoms with E-state index in [4.69, 9.17) is 0 Å². The average molecular weight is 392 g/mol. The van der Waals surface area contributed by atoms with Crippen molar-refractivity contribution in [2.75, 3.05) is 13.3 Å². The second kappa shape index (κ2) is 6.94. The van der Waals surface area contributed by atoms with Gasteiger partial charge in [-0.3, -0.25) is 14.1 Å². The van der Waals surface area contributed by atoms with Crippen LogP contribution in [-0.4, -0.2) is 36.0 Å². The summed E-state index contributed by atoms with van der Waals surface area (Å²) < 4.78 is 24.8. The summed E-state index contributed by atoms with van der Waals surface area (Å²) in [6, 6.07) is 8.52. The maximum absolute atomic E-state index is 12.3. The lowest BCUT2D eigenvalue weighted by Crippen LogP contribution is -2.24. The van der Waals surface area contributed by atoms with E-state index in [0.29, 0.717) is 16.4 Å². The molecule has 0 amide bonds. The van der Waals surface area contributed by atoms with E-state index in [1.165, 1.54) is 17.6 Å². The number of rotatable bonds is 5. The molecule has 2 aromatic heterocycles. The van der Waals surface area contributed by atoms with Crippen LogP contribution in [-0.2, 0) is 16.4 Å². The molecule has 8 heteroatoms. The Kier molecular flexibility index (Phi) is 5.01. The third-order valence-corrected chi connectivity index (χ3v) is 6.56. The number of hydrogen-bond donors (Lipinski definition) is 0. The molecule has 0 bridgehead atoms. The zero-order valence-electron chi connectivity index (χ0n) is 15.1. The minimum absolute atomic E-state index is 0.0499. The first-order valence-electron chi connectivity index (χ1n) is 8.14. The van der Waals surface area contributed by atoms with E-state index >= 15 is 0 Å². The minimum Gasteiger partial charge on any atom is -0.294 e. The van der Waals surface area contributed by atoms with Gasteiger partial charge in [0.15, 0.2) is 14.8 Å². The Morgan fingerprint density at radius 1 is 1.27 bits per heavy atom. The lowest BCUT2D eigenvalue weighted by Gasteiger charge is -2.24. The van der Waals surface area contributed by atoms with Gasteiger partial charge < -0.3 is 0 Å². The first-order valence-corrected chi connectivity index (χ1v) is 10.9. The van der Waals surface area contributed by atoms with Gasteiger partial charge in [-0.1, -0.05) is 12.1 Å². The molecule has 0 spiro atoms. The predicted octanol–water partition coefficient (Wildman–Crippen LogP) is 2.66. The molecule has 0 aliphatic heterocycles. The van der Waals surface area contributed by atoms with Crippen LogP contribution in [0.5, 0.6) is 0 Å². The molecule has 1 unspecified atom stereocenters. The molecule has 1 aromatic carbocycles. The van der Waals surface area contributed by atoms with Gasteiger partial charge in [0.05, 0.1) is 10.6 Å². The van der Waals surface area contributed by atoms with Gasteiger partial charge in [-0.25, -0.2) is 13.4 Å². The van der Waals surface area contributed by atoms with Crippen molar-refractivity contribution in [3.05, 3.63) is 63.0 Å². The Bertz CT molecular complexity index is 1100. The highest BCUT2D eigenvalue weighted by Gasteiger charge is 2.15. The lowest BCUT2D eigenvalue weighted by molar-refractivity contribution is 0.250. The summed E-state index contributed by atoms with van der Waals surface area (Å²) in [5.74, 6) is 0. The fourth-order valence-corrected chi connectivity index (χ4v) is 4.34. The van der Waals surface area contributed by atoms with E-state index in [0.717, 1.165) is 17.0 Å². The van der Waals surface area contributed by atoms with Crippen molar-refractivity contribution in [3.8, 4) is 0 Å². The van der Waals surface area contributed by atoms with Crippen molar-refractivity contribution >= 4 is 26.1 Å². The summed E-state index contributed by atoms with van der Waals surface area (Å²) in [5.41, 5.74) is 2.55. The van der Waals surface area contributed by atoms with Gasteiger partial charge in [0.2, 0.25) is 0 Å². The summed E-state index contributed by atoms with van der Waals surface area (Å²) in [5, 5.41) is 1.92. The van der Waals surface area contributed by atoms with E-state index < -0.39 is 9.84 Å². The van der Waals surface area contributed by atoms with Crippen LogP contribution < -0.4 is 5.56 Å². The molecule has 6 nitrogen and oxygen atoms in total. The number of aryl methyl sites for hydroxylation is 1. The quantitative estimate of drug-likeness (QED) is 0.669. The summed E-state index contributed by atoms with van der Waals surface area (Å²) in [7, 11) is -1.24. The first-order chi connectivity index (χ1) is 12.2. The van der Waals surface area contributed by atoms with Gasteiger partial charge in [-0.15, -0.1) is 11.3 Å². The van der Waals surface area contributed by atoms with Crippen LogP contribution in [0.2, 0.25) is 0 Å². The van der Waals surface area contributed by atoms with Crippen LogP contribution in [0.3, 0.4) is 0 Å². The summed E-state index contributed by atoms with van der Waals surface area (Å²) >= 11 is 1.45. The minimum atomic E-state index is -3.20. The van der Waals surface area contributed by atoms with Gasteiger partial charge in [0, 0.05) is 36.0 Å². The molecule has 0 fully saturated rings. The topological polar surface area (TPSA) is 71.8 Å². The van der Waals surface area contributed by atoms with E-state index in [2.05, 4.69) is 9.88 Å². The molecule has 1 atom stereocenters. The summed E-state index contributed by atoms with van der Waals surface area (Å²) in [4.78, 5) is 20.0. The molecule has 3 rings (SSSR count). The molecule has 0 saturated carbocycles. The predicted molar refractivity (Wildman–Crippen MR) is 104 cm³/mol. The zero-order valence-corrected chi connectivity index (χ0v) is 16.8. The summed E-state index contributed by atoms with van der Waals surface area (Å²) in [6.07, 6.45) is 1.20. The van der Waals surface area contributed by atoms with Crippen LogP contribution in [0, 0.1) is 6.92 Å². The van der Waals surface area contributed by atoms with Crippen LogP contribution in [0.1, 0.15) is 29.9 Å². The SMILES string of the molecule is Cc1csc2nc(CN(C)C(C)c3ccc(S(C)(=O)=O)cc3)cc(=O)n12. The maximum Gasteiger partial charge on any atom is 0.259 e. The van der Waals surface area contributed by atoms with E-state index in [9.17, 15) is 13.2 Å². The molecule has 0 aliphatic carbocycles. The largest absolute Gasteiger partial charge is 0.294 e. The highest BCUT2D eigenvalue weighted by atomic mass is 32.2. The Morgan fingerprint density at radius 3 is 2.54 bits per heavy atom. The van der Waals surface area contributed by atoms with Crippen molar-refractivity contribution in [1.82, 2.24) is 14.3 Å². The second-order valence-corrected chi connectivity index (χ2v) is 9.37. The van der Waals surface area contributed by atoms with Crippen LogP contribution in [0.15, 0.2) is 45.4 Å². The molecule has 138 valence electrons. The second-order valence-electron chi connectivity index (χ2n) is 6.51. The highest BCUT2D eigenvalue weighted by Crippen LogP contribution is 2.22. The normalized spacial score (nSPS) is 13.4. The monoisotopic (exact) mass is 391 g/mol. The summed E-state index contributed by atoms with van der Waals surface area (Å²) in [6.45, 7) is 4.45. The van der Waals surface area contributed by atoms with Gasteiger partial charge >= 0.3 is 0 Å². The third kappa shape index (κ3) is 3.72. The lowest BCUT2D eigenvalue weighted by atomic mass is 10.1. The number of hydrogen-bond acceptors (Lipinski definition) is 6. The first kappa shape index (κ1) is 18.8. The third-order valence-electron chi connectivity index (χ3n) is 4.49. The van der Waals surface area contributed by atoms with E-state index in [-0.39, 0.29) is 11.6 Å². The van der Waals surface area contributed by atoms with Gasteiger partial charge in [-0.05, 0) is 38.6 Å². The molecule has 3 aromatic rings. The van der Waals surface area contributed by atoms with Crippen molar-refractivity contribution in [3.63, 3.8) is 0 Å². The van der Waals surface area contributed by atoms with E-state index in [1.807, 2.05) is 38.4 Å². The molecular weight excluding hydrogens is 370 g/mol. The van der Waals surface area contributed by atoms with Crippen molar-refractivity contribution in [2.24, 2.45) is 0 Å². The van der Waals surface area contributed by atoms with E-state index in [1.54, 1.807) is 22.6 Å². The van der Waals surface area contributed by atoms with Crippen molar-refractivity contribution < 1.29 is 8.42 Å². The Hall–Kier alpha value is -2.03. The Labute approximate surface area is 156 Å². The van der Waals surface area contributed by atoms with Crippen molar-refractivity contribution in [2.45, 2.75) is 31.3 Å². The number of sulfone groups is 1. The molecule has 0 N–H and O–H groups in total. The Balaban J connectivity index is 1.81. The number of benzene rings is 1. The molecule has 0 radical (unpaired) electrons. The number of aromatic nitrogens is 2. The Morgan fingerprint density at radius 2 is 1.92 bits per heavy atom. The molecule has 2 heterocycles. The molecule has 26 heavy (non-hydrogen) atoms. The highest BCUT2D eigenvalue weighted by molar-refractivity contribution is 7.90. The van der Waals surface area contributed by atoms with Crippen molar-refractivity contribution in [1.29, 1.82) is 0 Å². The van der Waals surface area contributed by atoms with Crippen LogP contribution in [0.4, 0.5) is 0 Å². The number of nitrogens with zero attached hydrogens (tertiary/aromatic N) is 3. The fourth-order valence-electron chi connectivity index (χ4n) is 2.82. The number of fused-ring (bicyclic) bond motifs is 1. The van der Waals surface area contributed by atoms with Gasteiger partial charge in [0.1, 0.15) is 0 Å². The molecule has 0 saturated heterocycles. The van der Waals surface area contributed by atoms with Gasteiger partial charge in [-0.2, -0.15) is 0 Å². The molecule has 0 aliphatic rings. The smallest absolute Gasteiger partial charge is 0.259 e. The zero-order chi connectivity index (χ0) is 19.1. The maximum atomic E-state index is 12.3. The molecular formula is C18H21N3O3S2. The standard InChI is InChI=1S/C18H21N3O3S2/c1-12-11-25-18-19-15(9-17(22)21(12)18)10-20(3)13(2)14-5-7-16(8-6-14)26(4,23)24/h5-9,11,13H,10H2,1-4H3. The van der Waals surface area contributed by atoms with Gasteiger partial charge in [0.25, 0.3) is 5.56 Å². The van der Waals surface area contributed by atoms with Crippen LogP contribution >= 0.6 is 11.3 Å². The fraction of sp³-hybridized carbons (Fsp3) is 0.333. The van der Waals surface area contributed by atoms with Crippen LogP contribution in [0.25, 0.3) is 4.96 Å². The number of thiazole rings is 1. The average Bonchev–Trinajstić information content (AvgIpc) is 2.95.